The summed E-state index contributed by atoms with van der Waals surface area (Å²) in [5.74, 6) is -0.526. The minimum absolute atomic E-state index is 0.169. The lowest BCUT2D eigenvalue weighted by atomic mass is 10.1. The lowest BCUT2D eigenvalue weighted by Crippen LogP contribution is -2.28. The lowest BCUT2D eigenvalue weighted by molar-refractivity contribution is -0.123. The Bertz CT molecular complexity index is 784. The molecule has 1 saturated heterocycles. The number of rotatable bonds is 8. The summed E-state index contributed by atoms with van der Waals surface area (Å²) in [5, 5.41) is 2.82. The second-order valence-electron chi connectivity index (χ2n) is 6.73. The van der Waals surface area contributed by atoms with E-state index in [9.17, 15) is 9.59 Å². The molecule has 142 valence electrons. The van der Waals surface area contributed by atoms with Crippen molar-refractivity contribution in [3.05, 3.63) is 65.2 Å². The second kappa shape index (κ2) is 9.19. The maximum absolute atomic E-state index is 12.0. The van der Waals surface area contributed by atoms with Gasteiger partial charge in [0.2, 0.25) is 0 Å². The van der Waals surface area contributed by atoms with Crippen molar-refractivity contribution in [2.45, 2.75) is 25.9 Å². The summed E-state index contributed by atoms with van der Waals surface area (Å²) in [6.45, 7) is 3.61. The van der Waals surface area contributed by atoms with Gasteiger partial charge in [-0.15, -0.1) is 0 Å². The predicted octanol–water partition coefficient (Wildman–Crippen LogP) is 2.08. The number of hydrogen-bond donors (Lipinski definition) is 2. The molecule has 0 atom stereocenters. The van der Waals surface area contributed by atoms with E-state index in [0.29, 0.717) is 12.3 Å². The minimum Gasteiger partial charge on any atom is -0.483 e. The van der Waals surface area contributed by atoms with Gasteiger partial charge < -0.3 is 15.8 Å². The van der Waals surface area contributed by atoms with Crippen LogP contribution in [0.4, 0.5) is 0 Å². The van der Waals surface area contributed by atoms with Crippen molar-refractivity contribution >= 4 is 11.8 Å². The number of nitrogens with one attached hydrogen (secondary N) is 1. The van der Waals surface area contributed by atoms with Gasteiger partial charge >= 0.3 is 0 Å². The Labute approximate surface area is 159 Å². The van der Waals surface area contributed by atoms with E-state index in [0.717, 1.165) is 12.1 Å². The molecule has 1 heterocycles. The van der Waals surface area contributed by atoms with Gasteiger partial charge in [0.25, 0.3) is 11.8 Å². The van der Waals surface area contributed by atoms with Crippen LogP contribution in [-0.2, 0) is 17.9 Å². The van der Waals surface area contributed by atoms with Crippen LogP contribution >= 0.6 is 0 Å². The molecule has 3 rings (SSSR count). The van der Waals surface area contributed by atoms with Crippen LogP contribution in [-0.4, -0.2) is 36.4 Å². The zero-order valence-electron chi connectivity index (χ0n) is 15.3. The fourth-order valence-electron chi connectivity index (χ4n) is 3.15. The molecule has 27 heavy (non-hydrogen) atoms. The number of para-hydroxylation sites is 1. The Morgan fingerprint density at radius 2 is 1.67 bits per heavy atom. The molecule has 0 saturated carbocycles. The molecule has 6 nitrogen and oxygen atoms in total. The summed E-state index contributed by atoms with van der Waals surface area (Å²) >= 11 is 0. The molecule has 0 bridgehead atoms. The highest BCUT2D eigenvalue weighted by molar-refractivity contribution is 5.95. The predicted molar refractivity (Wildman–Crippen MR) is 103 cm³/mol. The normalized spacial score (nSPS) is 14.1. The monoisotopic (exact) mass is 367 g/mol. The number of ether oxygens (including phenoxy) is 1. The molecule has 1 aliphatic rings. The highest BCUT2D eigenvalue weighted by Gasteiger charge is 2.12. The minimum atomic E-state index is -0.583. The van der Waals surface area contributed by atoms with Crippen LogP contribution in [0.15, 0.2) is 48.5 Å². The van der Waals surface area contributed by atoms with Crippen LogP contribution in [0.1, 0.15) is 34.3 Å². The van der Waals surface area contributed by atoms with Crippen molar-refractivity contribution in [1.29, 1.82) is 0 Å². The molecular formula is C21H25N3O3. The third-order valence-corrected chi connectivity index (χ3v) is 4.63. The van der Waals surface area contributed by atoms with Crippen molar-refractivity contribution in [2.75, 3.05) is 19.7 Å². The van der Waals surface area contributed by atoms with Gasteiger partial charge in [-0.25, -0.2) is 0 Å². The number of carbonyl (C=O) groups excluding carboxylic acids is 2. The average molecular weight is 367 g/mol. The highest BCUT2D eigenvalue weighted by atomic mass is 16.5. The van der Waals surface area contributed by atoms with E-state index >= 15 is 0 Å². The zero-order valence-corrected chi connectivity index (χ0v) is 15.3. The number of nitrogens with zero attached hydrogens (tertiary/aromatic N) is 1. The third kappa shape index (κ3) is 5.56. The summed E-state index contributed by atoms with van der Waals surface area (Å²) in [4.78, 5) is 25.8. The first-order valence-corrected chi connectivity index (χ1v) is 9.20. The molecule has 2 aromatic rings. The molecule has 3 N–H and O–H groups in total. The Morgan fingerprint density at radius 1 is 1.00 bits per heavy atom. The zero-order chi connectivity index (χ0) is 19.1. The van der Waals surface area contributed by atoms with E-state index in [2.05, 4.69) is 22.3 Å². The van der Waals surface area contributed by atoms with Gasteiger partial charge in [-0.2, -0.15) is 0 Å². The molecule has 2 amide bonds. The van der Waals surface area contributed by atoms with Crippen LogP contribution in [0, 0.1) is 0 Å². The molecule has 0 aromatic heterocycles. The first kappa shape index (κ1) is 18.9. The highest BCUT2D eigenvalue weighted by Crippen LogP contribution is 2.17. The summed E-state index contributed by atoms with van der Waals surface area (Å²) < 4.78 is 5.42. The van der Waals surface area contributed by atoms with E-state index in [4.69, 9.17) is 10.5 Å². The largest absolute Gasteiger partial charge is 0.483 e. The van der Waals surface area contributed by atoms with E-state index in [1.165, 1.54) is 31.5 Å². The first-order valence-electron chi connectivity index (χ1n) is 9.20. The van der Waals surface area contributed by atoms with Gasteiger partial charge in [-0.05, 0) is 49.2 Å². The lowest BCUT2D eigenvalue weighted by Gasteiger charge is -2.14. The van der Waals surface area contributed by atoms with Crippen LogP contribution in [0.3, 0.4) is 0 Å². The maximum Gasteiger partial charge on any atom is 0.258 e. The van der Waals surface area contributed by atoms with Crippen LogP contribution in [0.2, 0.25) is 0 Å². The number of carbonyl (C=O) groups is 2. The first-order chi connectivity index (χ1) is 13.1. The average Bonchev–Trinajstić information content (AvgIpc) is 3.19. The number of amides is 2. The summed E-state index contributed by atoms with van der Waals surface area (Å²) in [7, 11) is 0. The molecule has 2 aromatic carbocycles. The standard InChI is InChI=1S/C21H25N3O3/c22-21(26)18-5-1-2-6-19(18)27-15-20(25)23-13-16-7-9-17(10-8-16)14-24-11-3-4-12-24/h1-2,5-10H,3-4,11-15H2,(H2,22,26)(H,23,25). The molecule has 0 spiro atoms. The SMILES string of the molecule is NC(=O)c1ccccc1OCC(=O)NCc1ccc(CN2CCCC2)cc1. The molecule has 0 radical (unpaired) electrons. The van der Waals surface area contributed by atoms with Crippen molar-refractivity contribution < 1.29 is 14.3 Å². The summed E-state index contributed by atoms with van der Waals surface area (Å²) in [5.41, 5.74) is 7.88. The van der Waals surface area contributed by atoms with Gasteiger partial charge in [0, 0.05) is 13.1 Å². The van der Waals surface area contributed by atoms with Gasteiger partial charge in [0.1, 0.15) is 5.75 Å². The topological polar surface area (TPSA) is 84.7 Å². The molecule has 1 fully saturated rings. The van der Waals surface area contributed by atoms with Crippen LogP contribution in [0.25, 0.3) is 0 Å². The molecular weight excluding hydrogens is 342 g/mol. The van der Waals surface area contributed by atoms with Crippen molar-refractivity contribution in [1.82, 2.24) is 10.2 Å². The fourth-order valence-corrected chi connectivity index (χ4v) is 3.15. The van der Waals surface area contributed by atoms with E-state index in [-0.39, 0.29) is 18.1 Å². The maximum atomic E-state index is 12.0. The van der Waals surface area contributed by atoms with Crippen molar-refractivity contribution in [3.8, 4) is 5.75 Å². The Kier molecular flexibility index (Phi) is 6.44. The molecule has 0 unspecified atom stereocenters. The Balaban J connectivity index is 1.44. The second-order valence-corrected chi connectivity index (χ2v) is 6.73. The van der Waals surface area contributed by atoms with Crippen LogP contribution in [0.5, 0.6) is 5.75 Å². The summed E-state index contributed by atoms with van der Waals surface area (Å²) in [6, 6.07) is 14.9. The van der Waals surface area contributed by atoms with E-state index < -0.39 is 5.91 Å². The van der Waals surface area contributed by atoms with Gasteiger partial charge in [-0.1, -0.05) is 36.4 Å². The number of likely N-dealkylation sites (tertiary alicyclic amines) is 1. The molecule has 1 aliphatic heterocycles. The quantitative estimate of drug-likeness (QED) is 0.748. The van der Waals surface area contributed by atoms with Gasteiger partial charge in [-0.3, -0.25) is 14.5 Å². The number of hydrogen-bond acceptors (Lipinski definition) is 4. The molecule has 0 aliphatic carbocycles. The number of benzene rings is 2. The van der Waals surface area contributed by atoms with Crippen LogP contribution < -0.4 is 15.8 Å². The van der Waals surface area contributed by atoms with E-state index in [1.807, 2.05) is 12.1 Å². The Morgan fingerprint density at radius 3 is 2.37 bits per heavy atom. The molecule has 6 heteroatoms. The van der Waals surface area contributed by atoms with E-state index in [1.54, 1.807) is 24.3 Å². The third-order valence-electron chi connectivity index (χ3n) is 4.63. The van der Waals surface area contributed by atoms with Gasteiger partial charge in [0.15, 0.2) is 6.61 Å². The Hall–Kier alpha value is -2.86. The van der Waals surface area contributed by atoms with Gasteiger partial charge in [0.05, 0.1) is 5.56 Å². The summed E-state index contributed by atoms with van der Waals surface area (Å²) in [6.07, 6.45) is 2.58. The fraction of sp³-hybridized carbons (Fsp3) is 0.333. The number of primary amides is 1. The smallest absolute Gasteiger partial charge is 0.258 e. The van der Waals surface area contributed by atoms with Crippen molar-refractivity contribution in [2.24, 2.45) is 5.73 Å². The van der Waals surface area contributed by atoms with Crippen molar-refractivity contribution in [3.63, 3.8) is 0 Å². The number of nitrogens with two attached hydrogens (primary N) is 1.